The molecule has 0 radical (unpaired) electrons. The van der Waals surface area contributed by atoms with E-state index in [1.165, 1.54) is 4.90 Å². The van der Waals surface area contributed by atoms with E-state index in [1.807, 2.05) is 48.5 Å². The summed E-state index contributed by atoms with van der Waals surface area (Å²) in [7, 11) is 0. The van der Waals surface area contributed by atoms with E-state index < -0.39 is 36.5 Å². The molecule has 180 valence electrons. The van der Waals surface area contributed by atoms with E-state index in [4.69, 9.17) is 9.47 Å². The zero-order chi connectivity index (χ0) is 24.2. The summed E-state index contributed by atoms with van der Waals surface area (Å²) in [6.45, 7) is 1.87. The Labute approximate surface area is 197 Å². The Hall–Kier alpha value is -3.43. The molecule has 3 atom stereocenters. The molecule has 1 heterocycles. The fourth-order valence-electron chi connectivity index (χ4n) is 4.59. The summed E-state index contributed by atoms with van der Waals surface area (Å²) >= 11 is 0. The average molecular weight is 469 g/mol. The minimum atomic E-state index is -1.30. The molecule has 34 heavy (non-hydrogen) atoms. The lowest BCUT2D eigenvalue weighted by atomic mass is 9.98. The molecule has 0 spiro atoms. The second-order valence-corrected chi connectivity index (χ2v) is 8.60. The summed E-state index contributed by atoms with van der Waals surface area (Å²) in [6, 6.07) is 14.2. The smallest absolute Gasteiger partial charge is 0.407 e. The first-order chi connectivity index (χ1) is 16.4. The predicted molar refractivity (Wildman–Crippen MR) is 122 cm³/mol. The van der Waals surface area contributed by atoms with Gasteiger partial charge in [-0.2, -0.15) is 0 Å². The number of nitrogens with zero attached hydrogens (tertiary/aromatic N) is 1. The Morgan fingerprint density at radius 3 is 2.32 bits per heavy atom. The number of carboxylic acids is 1. The van der Waals surface area contributed by atoms with Crippen LogP contribution in [0.2, 0.25) is 0 Å². The molecule has 3 N–H and O–H groups in total. The van der Waals surface area contributed by atoms with Gasteiger partial charge in [0.2, 0.25) is 5.91 Å². The van der Waals surface area contributed by atoms with Gasteiger partial charge in [0.15, 0.2) is 0 Å². The SMILES string of the molecule is CC1COC(CO)CN1C(=O)C(CC(=O)O)NC(=O)OCC1c2ccccc2-c2ccccc21. The number of ether oxygens (including phenoxy) is 2. The average Bonchev–Trinajstić information content (AvgIpc) is 3.15. The molecule has 0 saturated carbocycles. The molecule has 0 bridgehead atoms. The number of nitrogens with one attached hydrogen (secondary N) is 1. The zero-order valence-corrected chi connectivity index (χ0v) is 18.8. The lowest BCUT2D eigenvalue weighted by Gasteiger charge is -2.39. The van der Waals surface area contributed by atoms with Gasteiger partial charge in [-0.15, -0.1) is 0 Å². The van der Waals surface area contributed by atoms with Gasteiger partial charge in [0.25, 0.3) is 0 Å². The molecule has 0 aromatic heterocycles. The Morgan fingerprint density at radius 1 is 1.12 bits per heavy atom. The fraction of sp³-hybridized carbons (Fsp3) is 0.400. The van der Waals surface area contributed by atoms with Gasteiger partial charge in [0.05, 0.1) is 31.8 Å². The molecule has 3 unspecified atom stereocenters. The van der Waals surface area contributed by atoms with E-state index in [9.17, 15) is 24.6 Å². The lowest BCUT2D eigenvalue weighted by Crippen LogP contribution is -2.58. The number of amides is 2. The highest BCUT2D eigenvalue weighted by atomic mass is 16.5. The van der Waals surface area contributed by atoms with E-state index in [0.29, 0.717) is 0 Å². The standard InChI is InChI=1S/C25H28N2O7/c1-15-13-33-16(12-28)11-27(15)24(31)22(10-23(29)30)26-25(32)34-14-21-19-8-4-2-6-17(19)18-7-3-5-9-20(18)21/h2-9,15-16,21-22,28H,10-14H2,1H3,(H,26,32)(H,29,30). The Morgan fingerprint density at radius 2 is 1.74 bits per heavy atom. The number of carbonyl (C=O) groups is 3. The number of aliphatic hydroxyl groups is 1. The van der Waals surface area contributed by atoms with Crippen LogP contribution in [0.25, 0.3) is 11.1 Å². The van der Waals surface area contributed by atoms with Crippen LogP contribution in [0.4, 0.5) is 4.79 Å². The minimum Gasteiger partial charge on any atom is -0.481 e. The summed E-state index contributed by atoms with van der Waals surface area (Å²) in [6.07, 6.45) is -2.00. The third kappa shape index (κ3) is 4.90. The first kappa shape index (κ1) is 23.7. The number of benzene rings is 2. The quantitative estimate of drug-likeness (QED) is 0.567. The molecule has 1 aliphatic carbocycles. The maximum atomic E-state index is 13.1. The molecular weight excluding hydrogens is 440 g/mol. The van der Waals surface area contributed by atoms with Crippen LogP contribution in [0.15, 0.2) is 48.5 Å². The molecule has 9 heteroatoms. The number of fused-ring (bicyclic) bond motifs is 3. The van der Waals surface area contributed by atoms with E-state index in [0.717, 1.165) is 22.3 Å². The van der Waals surface area contributed by atoms with Crippen LogP contribution in [0.1, 0.15) is 30.4 Å². The molecule has 1 saturated heterocycles. The van der Waals surface area contributed by atoms with Gasteiger partial charge in [-0.25, -0.2) is 4.79 Å². The molecule has 1 fully saturated rings. The van der Waals surface area contributed by atoms with Crippen molar-refractivity contribution < 1.29 is 34.1 Å². The number of alkyl carbamates (subject to hydrolysis) is 1. The van der Waals surface area contributed by atoms with Gasteiger partial charge in [-0.1, -0.05) is 48.5 Å². The molecule has 2 aromatic rings. The van der Waals surface area contributed by atoms with E-state index in [2.05, 4.69) is 5.32 Å². The van der Waals surface area contributed by atoms with Gasteiger partial charge in [0, 0.05) is 12.5 Å². The van der Waals surface area contributed by atoms with Crippen LogP contribution < -0.4 is 5.32 Å². The first-order valence-electron chi connectivity index (χ1n) is 11.2. The zero-order valence-electron chi connectivity index (χ0n) is 18.8. The second-order valence-electron chi connectivity index (χ2n) is 8.60. The summed E-state index contributed by atoms with van der Waals surface area (Å²) in [5, 5.41) is 21.1. The highest BCUT2D eigenvalue weighted by Gasteiger charge is 2.36. The van der Waals surface area contributed by atoms with Gasteiger partial charge < -0.3 is 29.9 Å². The highest BCUT2D eigenvalue weighted by molar-refractivity contribution is 5.89. The summed E-state index contributed by atoms with van der Waals surface area (Å²) in [4.78, 5) is 38.6. The molecular formula is C25H28N2O7. The van der Waals surface area contributed by atoms with Crippen molar-refractivity contribution in [3.05, 3.63) is 59.7 Å². The minimum absolute atomic E-state index is 0.0500. The van der Waals surface area contributed by atoms with E-state index >= 15 is 0 Å². The maximum Gasteiger partial charge on any atom is 0.407 e. The Bertz CT molecular complexity index is 1030. The summed E-state index contributed by atoms with van der Waals surface area (Å²) < 4.78 is 10.9. The van der Waals surface area contributed by atoms with Crippen LogP contribution >= 0.6 is 0 Å². The number of morpholine rings is 1. The normalized spacial score (nSPS) is 20.2. The van der Waals surface area contributed by atoms with Gasteiger partial charge in [-0.3, -0.25) is 9.59 Å². The second kappa shape index (κ2) is 10.2. The number of aliphatic hydroxyl groups excluding tert-OH is 1. The Kier molecular flexibility index (Phi) is 7.14. The number of rotatable bonds is 7. The third-order valence-corrected chi connectivity index (χ3v) is 6.30. The molecule has 9 nitrogen and oxygen atoms in total. The number of carboxylic acid groups (broad SMARTS) is 1. The Balaban J connectivity index is 1.44. The van der Waals surface area contributed by atoms with Crippen molar-refractivity contribution in [1.29, 1.82) is 0 Å². The van der Waals surface area contributed by atoms with Crippen molar-refractivity contribution in [3.63, 3.8) is 0 Å². The van der Waals surface area contributed by atoms with Crippen molar-refractivity contribution >= 4 is 18.0 Å². The van der Waals surface area contributed by atoms with Gasteiger partial charge >= 0.3 is 12.1 Å². The lowest BCUT2D eigenvalue weighted by molar-refractivity contribution is -0.151. The monoisotopic (exact) mass is 468 g/mol. The number of hydrogen-bond donors (Lipinski definition) is 3. The molecule has 4 rings (SSSR count). The highest BCUT2D eigenvalue weighted by Crippen LogP contribution is 2.44. The fourth-order valence-corrected chi connectivity index (χ4v) is 4.59. The topological polar surface area (TPSA) is 125 Å². The van der Waals surface area contributed by atoms with Crippen molar-refractivity contribution in [2.24, 2.45) is 0 Å². The van der Waals surface area contributed by atoms with Crippen LogP contribution in [-0.2, 0) is 19.1 Å². The molecule has 2 aliphatic rings. The van der Waals surface area contributed by atoms with Crippen LogP contribution in [0.3, 0.4) is 0 Å². The van der Waals surface area contributed by atoms with Crippen molar-refractivity contribution in [2.75, 3.05) is 26.4 Å². The first-order valence-corrected chi connectivity index (χ1v) is 11.2. The third-order valence-electron chi connectivity index (χ3n) is 6.30. The number of hydrogen-bond acceptors (Lipinski definition) is 6. The molecule has 1 aliphatic heterocycles. The maximum absolute atomic E-state index is 13.1. The van der Waals surface area contributed by atoms with Crippen LogP contribution in [0.5, 0.6) is 0 Å². The van der Waals surface area contributed by atoms with Crippen molar-refractivity contribution in [3.8, 4) is 11.1 Å². The van der Waals surface area contributed by atoms with E-state index in [1.54, 1.807) is 6.92 Å². The van der Waals surface area contributed by atoms with E-state index in [-0.39, 0.29) is 38.3 Å². The van der Waals surface area contributed by atoms with Crippen LogP contribution in [0, 0.1) is 0 Å². The largest absolute Gasteiger partial charge is 0.481 e. The van der Waals surface area contributed by atoms with Gasteiger partial charge in [-0.05, 0) is 29.2 Å². The van der Waals surface area contributed by atoms with Gasteiger partial charge in [0.1, 0.15) is 12.6 Å². The molecule has 2 aromatic carbocycles. The van der Waals surface area contributed by atoms with Crippen molar-refractivity contribution in [1.82, 2.24) is 10.2 Å². The summed E-state index contributed by atoms with van der Waals surface area (Å²) in [5.74, 6) is -1.93. The predicted octanol–water partition coefficient (Wildman–Crippen LogP) is 1.98. The number of carbonyl (C=O) groups excluding carboxylic acids is 2. The number of aliphatic carboxylic acids is 1. The van der Waals surface area contributed by atoms with Crippen molar-refractivity contribution in [2.45, 2.75) is 37.5 Å². The summed E-state index contributed by atoms with van der Waals surface area (Å²) in [5.41, 5.74) is 4.27. The molecule has 2 amide bonds. The van der Waals surface area contributed by atoms with Crippen LogP contribution in [-0.4, -0.2) is 77.6 Å².